The predicted molar refractivity (Wildman–Crippen MR) is 78.4 cm³/mol. The average molecular weight is 305 g/mol. The van der Waals surface area contributed by atoms with E-state index in [9.17, 15) is 9.59 Å². The molecule has 110 valence electrons. The van der Waals surface area contributed by atoms with Crippen molar-refractivity contribution >= 4 is 23.2 Å². The largest absolute Gasteiger partial charge is 0.469 e. The molecule has 1 N–H and O–H groups in total. The van der Waals surface area contributed by atoms with Crippen LogP contribution in [0.15, 0.2) is 29.9 Å². The molecule has 2 aromatic heterocycles. The molecule has 2 rings (SSSR count). The Morgan fingerprint density at radius 3 is 2.95 bits per heavy atom. The van der Waals surface area contributed by atoms with E-state index in [2.05, 4.69) is 20.0 Å². The van der Waals surface area contributed by atoms with Gasteiger partial charge in [0.1, 0.15) is 5.01 Å². The lowest BCUT2D eigenvalue weighted by molar-refractivity contribution is -0.142. The van der Waals surface area contributed by atoms with Gasteiger partial charge in [0.25, 0.3) is 0 Å². The summed E-state index contributed by atoms with van der Waals surface area (Å²) in [6.07, 6.45) is 3.66. The van der Waals surface area contributed by atoms with Gasteiger partial charge in [-0.1, -0.05) is 0 Å². The average Bonchev–Trinajstić information content (AvgIpc) is 3.00. The van der Waals surface area contributed by atoms with Crippen LogP contribution in [0.25, 0.3) is 10.6 Å². The summed E-state index contributed by atoms with van der Waals surface area (Å²) >= 11 is 1.50. The van der Waals surface area contributed by atoms with Crippen LogP contribution in [-0.4, -0.2) is 29.0 Å². The minimum atomic E-state index is -0.391. The summed E-state index contributed by atoms with van der Waals surface area (Å²) in [7, 11) is 1.30. The van der Waals surface area contributed by atoms with Crippen LogP contribution in [0.1, 0.15) is 18.5 Å². The molecule has 2 heterocycles. The summed E-state index contributed by atoms with van der Waals surface area (Å²) in [4.78, 5) is 31.0. The molecular formula is C14H15N3O3S. The van der Waals surface area contributed by atoms with Crippen LogP contribution in [0.4, 0.5) is 0 Å². The maximum absolute atomic E-state index is 11.6. The molecule has 1 amide bonds. The SMILES string of the molecule is COC(=O)CCC(=O)NCc1csc(-c2cccnc2)n1. The maximum Gasteiger partial charge on any atom is 0.306 e. The second kappa shape index (κ2) is 7.49. The van der Waals surface area contributed by atoms with Gasteiger partial charge in [-0.15, -0.1) is 11.3 Å². The fraction of sp³-hybridized carbons (Fsp3) is 0.286. The molecule has 2 aromatic rings. The third-order valence-corrected chi connectivity index (χ3v) is 3.65. The molecule has 0 atom stereocenters. The molecule has 0 aliphatic rings. The van der Waals surface area contributed by atoms with Crippen LogP contribution in [0.2, 0.25) is 0 Å². The monoisotopic (exact) mass is 305 g/mol. The molecule has 0 bridgehead atoms. The van der Waals surface area contributed by atoms with Crippen molar-refractivity contribution in [3.05, 3.63) is 35.6 Å². The Balaban J connectivity index is 1.83. The fourth-order valence-electron chi connectivity index (χ4n) is 1.61. The smallest absolute Gasteiger partial charge is 0.306 e. The first-order chi connectivity index (χ1) is 10.2. The Labute approximate surface area is 126 Å². The molecule has 0 radical (unpaired) electrons. The third-order valence-electron chi connectivity index (χ3n) is 2.71. The van der Waals surface area contributed by atoms with Gasteiger partial charge in [0.2, 0.25) is 5.91 Å². The van der Waals surface area contributed by atoms with Gasteiger partial charge in [0.15, 0.2) is 0 Å². The Morgan fingerprint density at radius 2 is 2.24 bits per heavy atom. The summed E-state index contributed by atoms with van der Waals surface area (Å²) in [6, 6.07) is 3.79. The molecule has 7 heteroatoms. The van der Waals surface area contributed by atoms with Crippen molar-refractivity contribution in [2.24, 2.45) is 0 Å². The van der Waals surface area contributed by atoms with E-state index in [0.717, 1.165) is 16.3 Å². The normalized spacial score (nSPS) is 10.1. The molecule has 0 fully saturated rings. The molecule has 0 spiro atoms. The number of carbonyl (C=O) groups is 2. The standard InChI is InChI=1S/C14H15N3O3S/c1-20-13(19)5-4-12(18)16-8-11-9-21-14(17-11)10-3-2-6-15-7-10/h2-3,6-7,9H,4-5,8H2,1H3,(H,16,18). The highest BCUT2D eigenvalue weighted by molar-refractivity contribution is 7.13. The van der Waals surface area contributed by atoms with Crippen LogP contribution in [0.5, 0.6) is 0 Å². The summed E-state index contributed by atoms with van der Waals surface area (Å²) in [5, 5.41) is 5.48. The van der Waals surface area contributed by atoms with E-state index in [1.54, 1.807) is 12.4 Å². The van der Waals surface area contributed by atoms with Crippen molar-refractivity contribution in [1.82, 2.24) is 15.3 Å². The van der Waals surface area contributed by atoms with Crippen LogP contribution >= 0.6 is 11.3 Å². The van der Waals surface area contributed by atoms with Gasteiger partial charge in [0.05, 0.1) is 25.8 Å². The van der Waals surface area contributed by atoms with Crippen molar-refractivity contribution in [2.45, 2.75) is 19.4 Å². The fourth-order valence-corrected chi connectivity index (χ4v) is 2.42. The van der Waals surface area contributed by atoms with E-state index in [0.29, 0.717) is 6.54 Å². The van der Waals surface area contributed by atoms with Crippen molar-refractivity contribution in [3.63, 3.8) is 0 Å². The van der Waals surface area contributed by atoms with Gasteiger partial charge in [0, 0.05) is 29.8 Å². The minimum Gasteiger partial charge on any atom is -0.469 e. The second-order valence-corrected chi connectivity index (χ2v) is 5.10. The molecule has 0 aliphatic heterocycles. The number of esters is 1. The summed E-state index contributed by atoms with van der Waals surface area (Å²) in [6.45, 7) is 0.344. The molecule has 0 aliphatic carbocycles. The first kappa shape index (κ1) is 15.1. The molecule has 0 saturated heterocycles. The third kappa shape index (κ3) is 4.64. The lowest BCUT2D eigenvalue weighted by Crippen LogP contribution is -2.23. The minimum absolute atomic E-state index is 0.0837. The van der Waals surface area contributed by atoms with Crippen LogP contribution in [0, 0.1) is 0 Å². The Morgan fingerprint density at radius 1 is 1.38 bits per heavy atom. The number of thiazole rings is 1. The lowest BCUT2D eigenvalue weighted by Gasteiger charge is -2.02. The van der Waals surface area contributed by atoms with E-state index < -0.39 is 5.97 Å². The Bertz CT molecular complexity index is 613. The maximum atomic E-state index is 11.6. The first-order valence-corrected chi connectivity index (χ1v) is 7.25. The van der Waals surface area contributed by atoms with Gasteiger partial charge < -0.3 is 10.1 Å². The van der Waals surface area contributed by atoms with E-state index in [1.165, 1.54) is 18.4 Å². The highest BCUT2D eigenvalue weighted by Crippen LogP contribution is 2.22. The van der Waals surface area contributed by atoms with Crippen molar-refractivity contribution in [3.8, 4) is 10.6 Å². The van der Waals surface area contributed by atoms with Gasteiger partial charge in [-0.2, -0.15) is 0 Å². The van der Waals surface area contributed by atoms with Crippen molar-refractivity contribution in [1.29, 1.82) is 0 Å². The number of nitrogens with one attached hydrogen (secondary N) is 1. The van der Waals surface area contributed by atoms with Gasteiger partial charge in [-0.25, -0.2) is 4.98 Å². The summed E-state index contributed by atoms with van der Waals surface area (Å²) in [5.41, 5.74) is 1.73. The zero-order valence-electron chi connectivity index (χ0n) is 11.5. The van der Waals surface area contributed by atoms with Crippen LogP contribution in [-0.2, 0) is 20.9 Å². The Kier molecular flexibility index (Phi) is 5.39. The number of hydrogen-bond donors (Lipinski definition) is 1. The number of pyridine rings is 1. The zero-order valence-corrected chi connectivity index (χ0v) is 12.4. The number of hydrogen-bond acceptors (Lipinski definition) is 6. The van der Waals surface area contributed by atoms with E-state index >= 15 is 0 Å². The predicted octanol–water partition coefficient (Wildman–Crippen LogP) is 1.77. The lowest BCUT2D eigenvalue weighted by atomic mass is 10.3. The topological polar surface area (TPSA) is 81.2 Å². The van der Waals surface area contributed by atoms with E-state index in [1.807, 2.05) is 17.5 Å². The quantitative estimate of drug-likeness (QED) is 0.823. The van der Waals surface area contributed by atoms with Gasteiger partial charge in [-0.3, -0.25) is 14.6 Å². The zero-order chi connectivity index (χ0) is 15.1. The second-order valence-electron chi connectivity index (χ2n) is 4.24. The van der Waals surface area contributed by atoms with Crippen molar-refractivity contribution in [2.75, 3.05) is 7.11 Å². The Hall–Kier alpha value is -2.28. The molecule has 6 nitrogen and oxygen atoms in total. The van der Waals surface area contributed by atoms with Crippen LogP contribution in [0.3, 0.4) is 0 Å². The highest BCUT2D eigenvalue weighted by atomic mass is 32.1. The molecular weight excluding hydrogens is 290 g/mol. The number of aromatic nitrogens is 2. The number of ether oxygens (including phenoxy) is 1. The van der Waals surface area contributed by atoms with E-state index in [-0.39, 0.29) is 18.7 Å². The highest BCUT2D eigenvalue weighted by Gasteiger charge is 2.08. The molecule has 0 saturated carbocycles. The summed E-state index contributed by atoms with van der Waals surface area (Å²) in [5.74, 6) is -0.589. The van der Waals surface area contributed by atoms with Gasteiger partial charge >= 0.3 is 5.97 Å². The number of rotatable bonds is 6. The molecule has 0 aromatic carbocycles. The molecule has 21 heavy (non-hydrogen) atoms. The number of nitrogens with zero attached hydrogens (tertiary/aromatic N) is 2. The number of carbonyl (C=O) groups excluding carboxylic acids is 2. The van der Waals surface area contributed by atoms with E-state index in [4.69, 9.17) is 0 Å². The number of methoxy groups -OCH3 is 1. The van der Waals surface area contributed by atoms with Gasteiger partial charge in [-0.05, 0) is 12.1 Å². The molecule has 0 unspecified atom stereocenters. The van der Waals surface area contributed by atoms with Crippen molar-refractivity contribution < 1.29 is 14.3 Å². The summed E-state index contributed by atoms with van der Waals surface area (Å²) < 4.78 is 4.48. The van der Waals surface area contributed by atoms with Crippen LogP contribution < -0.4 is 5.32 Å². The first-order valence-electron chi connectivity index (χ1n) is 6.37. The number of amides is 1.